The van der Waals surface area contributed by atoms with Gasteiger partial charge in [0.2, 0.25) is 11.7 Å². The average Bonchev–Trinajstić information content (AvgIpc) is 2.85. The Morgan fingerprint density at radius 1 is 1.38 bits per heavy atom. The number of nitrogens with zero attached hydrogens (tertiary/aromatic N) is 3. The van der Waals surface area contributed by atoms with Crippen molar-refractivity contribution in [2.24, 2.45) is 0 Å². The van der Waals surface area contributed by atoms with E-state index in [0.717, 1.165) is 17.8 Å². The van der Waals surface area contributed by atoms with Gasteiger partial charge in [0.15, 0.2) is 0 Å². The van der Waals surface area contributed by atoms with Crippen LogP contribution in [0.5, 0.6) is 0 Å². The molecule has 1 N–H and O–H groups in total. The van der Waals surface area contributed by atoms with Crippen LogP contribution in [-0.2, 0) is 11.8 Å². The Morgan fingerprint density at radius 3 is 2.62 bits per heavy atom. The second-order valence-electron chi connectivity index (χ2n) is 4.78. The Balaban J connectivity index is 2.31. The van der Waals surface area contributed by atoms with Crippen molar-refractivity contribution >= 4 is 0 Å². The van der Waals surface area contributed by atoms with Gasteiger partial charge in [-0.15, -0.1) is 0 Å². The first-order chi connectivity index (χ1) is 7.50. The number of rotatable bonds is 2. The lowest BCUT2D eigenvalue weighted by molar-refractivity contribution is 0.382. The number of aromatic amines is 1. The molecule has 16 heavy (non-hydrogen) atoms. The van der Waals surface area contributed by atoms with E-state index in [1.807, 2.05) is 13.0 Å². The molecule has 0 bridgehead atoms. The maximum atomic E-state index is 5.05. The van der Waals surface area contributed by atoms with Gasteiger partial charge in [-0.25, -0.2) is 0 Å². The van der Waals surface area contributed by atoms with Crippen LogP contribution >= 0.6 is 0 Å². The molecule has 0 radical (unpaired) electrons. The molecule has 2 rings (SSSR count). The monoisotopic (exact) mass is 220 g/mol. The van der Waals surface area contributed by atoms with Crippen LogP contribution in [0.1, 0.15) is 39.3 Å². The second kappa shape index (κ2) is 3.73. The van der Waals surface area contributed by atoms with E-state index in [2.05, 4.69) is 41.1 Å². The average molecular weight is 220 g/mol. The lowest BCUT2D eigenvalue weighted by atomic mass is 9.92. The van der Waals surface area contributed by atoms with E-state index in [1.165, 1.54) is 0 Å². The van der Waals surface area contributed by atoms with Gasteiger partial charge in [-0.05, 0) is 6.07 Å². The summed E-state index contributed by atoms with van der Waals surface area (Å²) in [7, 11) is 0. The zero-order chi connectivity index (χ0) is 11.8. The van der Waals surface area contributed by atoms with Gasteiger partial charge in [0.05, 0.1) is 0 Å². The minimum atomic E-state index is 0.0442. The largest absolute Gasteiger partial charge is 0.339 e. The highest BCUT2D eigenvalue weighted by molar-refractivity contribution is 5.49. The van der Waals surface area contributed by atoms with Crippen LogP contribution in [0.4, 0.5) is 0 Å². The number of nitrogens with one attached hydrogen (secondary N) is 1. The Hall–Kier alpha value is -1.65. The molecule has 2 heterocycles. The number of aromatic nitrogens is 4. The fraction of sp³-hybridized carbons (Fsp3) is 0.545. The van der Waals surface area contributed by atoms with Crippen molar-refractivity contribution in [2.75, 3.05) is 0 Å². The molecule has 0 spiro atoms. The summed E-state index contributed by atoms with van der Waals surface area (Å²) >= 11 is 0. The molecule has 2 aromatic rings. The summed E-state index contributed by atoms with van der Waals surface area (Å²) in [5, 5.41) is 11.1. The van der Waals surface area contributed by atoms with Crippen molar-refractivity contribution in [1.82, 2.24) is 20.3 Å². The summed E-state index contributed by atoms with van der Waals surface area (Å²) in [4.78, 5) is 4.23. The van der Waals surface area contributed by atoms with E-state index in [9.17, 15) is 0 Å². The van der Waals surface area contributed by atoms with E-state index in [0.29, 0.717) is 11.7 Å². The molecule has 0 aliphatic rings. The first kappa shape index (κ1) is 10.9. The van der Waals surface area contributed by atoms with E-state index in [1.54, 1.807) is 0 Å². The summed E-state index contributed by atoms with van der Waals surface area (Å²) in [6, 6.07) is 1.96. The van der Waals surface area contributed by atoms with Crippen LogP contribution in [-0.4, -0.2) is 20.3 Å². The maximum absolute atomic E-state index is 5.05. The van der Waals surface area contributed by atoms with Gasteiger partial charge in [0.25, 0.3) is 0 Å². The number of hydrogen-bond donors (Lipinski definition) is 1. The quantitative estimate of drug-likeness (QED) is 0.843. The van der Waals surface area contributed by atoms with Crippen molar-refractivity contribution in [3.8, 4) is 11.5 Å². The van der Waals surface area contributed by atoms with Gasteiger partial charge in [0, 0.05) is 17.5 Å². The van der Waals surface area contributed by atoms with Crippen molar-refractivity contribution in [3.05, 3.63) is 17.7 Å². The summed E-state index contributed by atoms with van der Waals surface area (Å²) in [6.07, 6.45) is 0.740. The highest BCUT2D eigenvalue weighted by Gasteiger charge is 2.19. The van der Waals surface area contributed by atoms with Crippen molar-refractivity contribution in [1.29, 1.82) is 0 Å². The molecule has 0 aliphatic heterocycles. The summed E-state index contributed by atoms with van der Waals surface area (Å²) in [5.41, 5.74) is 1.83. The van der Waals surface area contributed by atoms with E-state index >= 15 is 0 Å². The van der Waals surface area contributed by atoms with Gasteiger partial charge in [0.1, 0.15) is 5.69 Å². The predicted octanol–water partition coefficient (Wildman–Crippen LogP) is 2.32. The highest BCUT2D eigenvalue weighted by atomic mass is 16.5. The van der Waals surface area contributed by atoms with Gasteiger partial charge in [-0.1, -0.05) is 32.9 Å². The third-order valence-electron chi connectivity index (χ3n) is 2.39. The number of H-pyrrole nitrogens is 1. The Bertz CT molecular complexity index is 478. The van der Waals surface area contributed by atoms with Crippen LogP contribution in [0.15, 0.2) is 10.6 Å². The lowest BCUT2D eigenvalue weighted by Gasteiger charge is -2.14. The molecular formula is C11H16N4O. The molecule has 0 saturated heterocycles. The van der Waals surface area contributed by atoms with Crippen LogP contribution in [0.25, 0.3) is 11.5 Å². The smallest absolute Gasteiger partial charge is 0.226 e. The first-order valence-electron chi connectivity index (χ1n) is 5.39. The van der Waals surface area contributed by atoms with Crippen molar-refractivity contribution < 1.29 is 4.52 Å². The molecule has 0 saturated carbocycles. The predicted molar refractivity (Wildman–Crippen MR) is 60.0 cm³/mol. The van der Waals surface area contributed by atoms with Gasteiger partial charge in [-0.3, -0.25) is 5.10 Å². The summed E-state index contributed by atoms with van der Waals surface area (Å²) < 4.78 is 5.05. The van der Waals surface area contributed by atoms with Crippen LogP contribution in [0, 0.1) is 0 Å². The van der Waals surface area contributed by atoms with Crippen LogP contribution in [0.2, 0.25) is 0 Å². The molecule has 2 aromatic heterocycles. The van der Waals surface area contributed by atoms with E-state index in [4.69, 9.17) is 4.52 Å². The number of aryl methyl sites for hydroxylation is 1. The highest BCUT2D eigenvalue weighted by Crippen LogP contribution is 2.23. The molecule has 0 atom stereocenters. The Kier molecular flexibility index (Phi) is 2.53. The Morgan fingerprint density at radius 2 is 2.12 bits per heavy atom. The standard InChI is InChI=1S/C11H16N4O/c1-5-9-12-10(15-16-9)7-6-8(14-13-7)11(2,3)4/h6H,5H2,1-4H3,(H,13,14). The zero-order valence-corrected chi connectivity index (χ0v) is 10.0. The fourth-order valence-corrected chi connectivity index (χ4v) is 1.32. The molecule has 0 aromatic carbocycles. The molecule has 86 valence electrons. The van der Waals surface area contributed by atoms with Crippen molar-refractivity contribution in [3.63, 3.8) is 0 Å². The molecule has 0 amide bonds. The maximum Gasteiger partial charge on any atom is 0.226 e. The molecule has 5 heteroatoms. The topological polar surface area (TPSA) is 67.6 Å². The van der Waals surface area contributed by atoms with E-state index in [-0.39, 0.29) is 5.41 Å². The third-order valence-corrected chi connectivity index (χ3v) is 2.39. The fourth-order valence-electron chi connectivity index (χ4n) is 1.32. The third kappa shape index (κ3) is 1.98. The van der Waals surface area contributed by atoms with Crippen LogP contribution in [0.3, 0.4) is 0 Å². The normalized spacial score (nSPS) is 12.0. The first-order valence-corrected chi connectivity index (χ1v) is 5.39. The van der Waals surface area contributed by atoms with Crippen molar-refractivity contribution in [2.45, 2.75) is 39.5 Å². The molecule has 0 unspecified atom stereocenters. The number of hydrogen-bond acceptors (Lipinski definition) is 4. The zero-order valence-electron chi connectivity index (χ0n) is 10.0. The molecule has 0 aliphatic carbocycles. The van der Waals surface area contributed by atoms with Gasteiger partial charge >= 0.3 is 0 Å². The van der Waals surface area contributed by atoms with E-state index < -0.39 is 0 Å². The second-order valence-corrected chi connectivity index (χ2v) is 4.78. The lowest BCUT2D eigenvalue weighted by Crippen LogP contribution is -2.11. The molecule has 5 nitrogen and oxygen atoms in total. The van der Waals surface area contributed by atoms with Gasteiger partial charge in [-0.2, -0.15) is 10.1 Å². The van der Waals surface area contributed by atoms with Crippen LogP contribution < -0.4 is 0 Å². The van der Waals surface area contributed by atoms with Gasteiger partial charge < -0.3 is 4.52 Å². The SMILES string of the molecule is CCc1nc(-c2cc(C(C)(C)C)[nH]n2)no1. The summed E-state index contributed by atoms with van der Waals surface area (Å²) in [5.74, 6) is 1.18. The summed E-state index contributed by atoms with van der Waals surface area (Å²) in [6.45, 7) is 8.34. The minimum Gasteiger partial charge on any atom is -0.339 e. The minimum absolute atomic E-state index is 0.0442. The molecular weight excluding hydrogens is 204 g/mol. The molecule has 0 fully saturated rings. The Labute approximate surface area is 94.3 Å².